The Morgan fingerprint density at radius 1 is 1.09 bits per heavy atom. The Bertz CT molecular complexity index is 1090. The second-order valence-electron chi connectivity index (χ2n) is 8.88. The third-order valence-corrected chi connectivity index (χ3v) is 5.72. The summed E-state index contributed by atoms with van der Waals surface area (Å²) in [5.74, 6) is 0.810. The lowest BCUT2D eigenvalue weighted by Crippen LogP contribution is -2.48. The van der Waals surface area contributed by atoms with Crippen molar-refractivity contribution in [3.63, 3.8) is 0 Å². The van der Waals surface area contributed by atoms with Crippen molar-refractivity contribution < 1.29 is 23.7 Å². The van der Waals surface area contributed by atoms with Crippen LogP contribution in [0.1, 0.15) is 17.0 Å². The Balaban J connectivity index is 1.32. The van der Waals surface area contributed by atoms with Crippen LogP contribution in [-0.2, 0) is 17.8 Å². The average Bonchev–Trinajstić information content (AvgIpc) is 3.00. The molecule has 2 aromatic carbocycles. The zero-order chi connectivity index (χ0) is 24.0. The van der Waals surface area contributed by atoms with E-state index in [4.69, 9.17) is 14.2 Å². The Morgan fingerprint density at radius 2 is 1.88 bits per heavy atom. The maximum Gasteiger partial charge on any atom is 0.134 e. The van der Waals surface area contributed by atoms with Gasteiger partial charge in [-0.15, -0.1) is 0 Å². The Hall–Kier alpha value is -2.94. The lowest BCUT2D eigenvalue weighted by molar-refractivity contribution is -0.0647. The molecule has 0 spiro atoms. The second kappa shape index (κ2) is 11.0. The summed E-state index contributed by atoms with van der Waals surface area (Å²) in [4.78, 5) is 2.14. The van der Waals surface area contributed by atoms with Gasteiger partial charge in [0.15, 0.2) is 0 Å². The van der Waals surface area contributed by atoms with Crippen LogP contribution >= 0.6 is 0 Å². The van der Waals surface area contributed by atoms with Gasteiger partial charge in [0, 0.05) is 31.4 Å². The molecule has 1 N–H and O–H groups in total. The van der Waals surface area contributed by atoms with Crippen LogP contribution in [0.2, 0.25) is 0 Å². The quantitative estimate of drug-likeness (QED) is 0.518. The molecule has 8 heteroatoms. The predicted molar refractivity (Wildman–Crippen MR) is 127 cm³/mol. The number of ether oxygens (including phenoxy) is 3. The van der Waals surface area contributed by atoms with Gasteiger partial charge in [-0.1, -0.05) is 18.2 Å². The number of aliphatic hydroxyl groups is 1. The third-order valence-electron chi connectivity index (χ3n) is 5.72. The molecule has 1 aliphatic heterocycles. The SMILES string of the molecule is Cc1cc(C)n(CCOc2cccc(CN3CCOC[C@@](O)(COc4cccc(F)c4)C3)c2)n1. The molecule has 0 unspecified atom stereocenters. The summed E-state index contributed by atoms with van der Waals surface area (Å²) in [6.45, 7) is 7.63. The fourth-order valence-corrected chi connectivity index (χ4v) is 4.14. The Kier molecular flexibility index (Phi) is 7.82. The van der Waals surface area contributed by atoms with Crippen LogP contribution in [0.4, 0.5) is 4.39 Å². The summed E-state index contributed by atoms with van der Waals surface area (Å²) in [7, 11) is 0. The smallest absolute Gasteiger partial charge is 0.134 e. The number of halogens is 1. The number of β-amino-alcohol motifs (C(OH)–C–C–N with tert-alkyl or cyclic N) is 1. The second-order valence-corrected chi connectivity index (χ2v) is 8.88. The average molecular weight is 470 g/mol. The molecular weight excluding hydrogens is 437 g/mol. The van der Waals surface area contributed by atoms with Gasteiger partial charge in [-0.2, -0.15) is 5.10 Å². The molecule has 7 nitrogen and oxygen atoms in total. The van der Waals surface area contributed by atoms with Crippen molar-refractivity contribution in [2.75, 3.05) is 39.5 Å². The van der Waals surface area contributed by atoms with Crippen molar-refractivity contribution >= 4 is 0 Å². The number of aryl methyl sites for hydroxylation is 2. The van der Waals surface area contributed by atoms with Crippen molar-refractivity contribution in [2.24, 2.45) is 0 Å². The molecule has 0 aliphatic carbocycles. The van der Waals surface area contributed by atoms with Gasteiger partial charge >= 0.3 is 0 Å². The van der Waals surface area contributed by atoms with E-state index in [1.165, 1.54) is 12.1 Å². The molecular formula is C26H32FN3O4. The highest BCUT2D eigenvalue weighted by Crippen LogP contribution is 2.20. The van der Waals surface area contributed by atoms with Crippen LogP contribution < -0.4 is 9.47 Å². The normalized spacial score (nSPS) is 19.1. The Labute approximate surface area is 199 Å². The van der Waals surface area contributed by atoms with E-state index in [0.717, 1.165) is 22.7 Å². The number of hydrogen-bond acceptors (Lipinski definition) is 6. The summed E-state index contributed by atoms with van der Waals surface area (Å²) in [6, 6.07) is 15.9. The van der Waals surface area contributed by atoms with Gasteiger partial charge in [0.25, 0.3) is 0 Å². The van der Waals surface area contributed by atoms with Gasteiger partial charge in [-0.05, 0) is 49.7 Å². The highest BCUT2D eigenvalue weighted by Gasteiger charge is 2.33. The molecule has 1 aromatic heterocycles. The standard InChI is InChI=1S/C26H32FN3O4/c1-20-13-21(2)30(28-20)10-12-33-24-7-3-5-22(14-24)16-29-9-11-32-18-26(31,17-29)19-34-25-8-4-6-23(27)15-25/h3-8,13-15,31H,9-12,16-19H2,1-2H3/t26-/m1/s1. The lowest BCUT2D eigenvalue weighted by Gasteiger charge is -2.30. The first kappa shape index (κ1) is 24.2. The van der Waals surface area contributed by atoms with E-state index in [2.05, 4.69) is 16.1 Å². The number of nitrogens with zero attached hydrogens (tertiary/aromatic N) is 3. The van der Waals surface area contributed by atoms with Crippen molar-refractivity contribution in [3.8, 4) is 11.5 Å². The minimum Gasteiger partial charge on any atom is -0.492 e. The minimum atomic E-state index is -1.20. The van der Waals surface area contributed by atoms with Gasteiger partial charge in [0.05, 0.1) is 25.5 Å². The number of rotatable bonds is 9. The van der Waals surface area contributed by atoms with E-state index in [-0.39, 0.29) is 19.0 Å². The molecule has 1 aliphatic rings. The molecule has 0 saturated carbocycles. The van der Waals surface area contributed by atoms with Crippen LogP contribution in [-0.4, -0.2) is 64.9 Å². The number of aromatic nitrogens is 2. The van der Waals surface area contributed by atoms with E-state index in [1.807, 2.05) is 42.8 Å². The van der Waals surface area contributed by atoms with Crippen LogP contribution in [0.5, 0.6) is 11.5 Å². The molecule has 0 bridgehead atoms. The number of benzene rings is 2. The van der Waals surface area contributed by atoms with Gasteiger partial charge < -0.3 is 19.3 Å². The van der Waals surface area contributed by atoms with E-state index >= 15 is 0 Å². The zero-order valence-corrected chi connectivity index (χ0v) is 19.7. The van der Waals surface area contributed by atoms with Crippen LogP contribution in [0.25, 0.3) is 0 Å². The fourth-order valence-electron chi connectivity index (χ4n) is 4.14. The largest absolute Gasteiger partial charge is 0.492 e. The number of hydrogen-bond donors (Lipinski definition) is 1. The lowest BCUT2D eigenvalue weighted by atomic mass is 10.1. The third kappa shape index (κ3) is 6.79. The maximum atomic E-state index is 13.4. The molecule has 1 atom stereocenters. The van der Waals surface area contributed by atoms with Crippen molar-refractivity contribution in [1.82, 2.24) is 14.7 Å². The highest BCUT2D eigenvalue weighted by atomic mass is 19.1. The van der Waals surface area contributed by atoms with E-state index in [0.29, 0.717) is 45.1 Å². The van der Waals surface area contributed by atoms with E-state index < -0.39 is 5.60 Å². The molecule has 0 radical (unpaired) electrons. The van der Waals surface area contributed by atoms with Crippen LogP contribution in [0, 0.1) is 19.7 Å². The van der Waals surface area contributed by atoms with Gasteiger partial charge in [-0.3, -0.25) is 9.58 Å². The summed E-state index contributed by atoms with van der Waals surface area (Å²) >= 11 is 0. The molecule has 1 saturated heterocycles. The highest BCUT2D eigenvalue weighted by molar-refractivity contribution is 5.28. The zero-order valence-electron chi connectivity index (χ0n) is 19.7. The first-order valence-electron chi connectivity index (χ1n) is 11.5. The maximum absolute atomic E-state index is 13.4. The van der Waals surface area contributed by atoms with Gasteiger partial charge in [0.1, 0.15) is 36.1 Å². The van der Waals surface area contributed by atoms with Crippen molar-refractivity contribution in [1.29, 1.82) is 0 Å². The molecule has 0 amide bonds. The predicted octanol–water partition coefficient (Wildman–Crippen LogP) is 3.36. The first-order chi connectivity index (χ1) is 16.4. The Morgan fingerprint density at radius 3 is 2.65 bits per heavy atom. The summed E-state index contributed by atoms with van der Waals surface area (Å²) < 4.78 is 32.6. The van der Waals surface area contributed by atoms with E-state index in [9.17, 15) is 9.50 Å². The first-order valence-corrected chi connectivity index (χ1v) is 11.5. The summed E-state index contributed by atoms with van der Waals surface area (Å²) in [6.07, 6.45) is 0. The molecule has 1 fully saturated rings. The molecule has 4 rings (SSSR count). The molecule has 3 aromatic rings. The van der Waals surface area contributed by atoms with Crippen molar-refractivity contribution in [3.05, 3.63) is 77.4 Å². The summed E-state index contributed by atoms with van der Waals surface area (Å²) in [5, 5.41) is 15.6. The molecule has 34 heavy (non-hydrogen) atoms. The molecule has 2 heterocycles. The monoisotopic (exact) mass is 469 g/mol. The van der Waals surface area contributed by atoms with Crippen molar-refractivity contribution in [2.45, 2.75) is 32.5 Å². The topological polar surface area (TPSA) is 69.0 Å². The van der Waals surface area contributed by atoms with Crippen LogP contribution in [0.3, 0.4) is 0 Å². The summed E-state index contributed by atoms with van der Waals surface area (Å²) in [5.41, 5.74) is 2.00. The fraction of sp³-hybridized carbons (Fsp3) is 0.423. The minimum absolute atomic E-state index is 0.0163. The van der Waals surface area contributed by atoms with Crippen LogP contribution in [0.15, 0.2) is 54.6 Å². The van der Waals surface area contributed by atoms with Gasteiger partial charge in [-0.25, -0.2) is 4.39 Å². The van der Waals surface area contributed by atoms with E-state index in [1.54, 1.807) is 12.1 Å². The van der Waals surface area contributed by atoms with Gasteiger partial charge in [0.2, 0.25) is 0 Å². The molecule has 182 valence electrons.